The van der Waals surface area contributed by atoms with Gasteiger partial charge in [0.25, 0.3) is 0 Å². The number of rotatable bonds is 8. The largest absolute Gasteiger partial charge is 0.443 e. The van der Waals surface area contributed by atoms with Crippen LogP contribution in [0.25, 0.3) is 0 Å². The topological polar surface area (TPSA) is 134 Å². The molecule has 1 amide bonds. The molecule has 3 aliphatic rings. The molecule has 1 saturated carbocycles. The maximum atomic E-state index is 12.0. The van der Waals surface area contributed by atoms with E-state index in [1.807, 2.05) is 42.5 Å². The Morgan fingerprint density at radius 1 is 1.08 bits per heavy atom. The molecule has 186 valence electrons. The highest BCUT2D eigenvalue weighted by Gasteiger charge is 2.41. The van der Waals surface area contributed by atoms with Crippen LogP contribution in [0.2, 0.25) is 5.02 Å². The summed E-state index contributed by atoms with van der Waals surface area (Å²) < 4.78 is 32.0. The summed E-state index contributed by atoms with van der Waals surface area (Å²) >= 11 is 6.32. The van der Waals surface area contributed by atoms with E-state index in [9.17, 15) is 13.2 Å². The van der Waals surface area contributed by atoms with E-state index in [1.54, 1.807) is 0 Å². The zero-order chi connectivity index (χ0) is 24.9. The second kappa shape index (κ2) is 8.91. The van der Waals surface area contributed by atoms with Crippen LogP contribution < -0.4 is 20.7 Å². The fraction of sp³-hybridized carbons (Fsp3) is 0.292. The minimum Gasteiger partial charge on any atom is -0.443 e. The molecule has 3 aromatic rings. The second-order valence-electron chi connectivity index (χ2n) is 9.09. The zero-order valence-corrected chi connectivity index (χ0v) is 20.6. The molecule has 4 N–H and O–H groups in total. The van der Waals surface area contributed by atoms with Gasteiger partial charge in [0.2, 0.25) is 16.0 Å². The Morgan fingerprint density at radius 3 is 2.64 bits per heavy atom. The molecule has 2 heterocycles. The lowest BCUT2D eigenvalue weighted by Crippen LogP contribution is -2.26. The Labute approximate surface area is 212 Å². The Kier molecular flexibility index (Phi) is 5.70. The molecule has 12 heteroatoms. The number of alkyl carbamates (subject to hydrolysis) is 1. The number of hydrogen-bond donors (Lipinski definition) is 4. The van der Waals surface area contributed by atoms with Gasteiger partial charge in [-0.15, -0.1) is 0 Å². The van der Waals surface area contributed by atoms with Crippen molar-refractivity contribution in [3.8, 4) is 0 Å². The third-order valence-electron chi connectivity index (χ3n) is 6.46. The van der Waals surface area contributed by atoms with Gasteiger partial charge in [0.05, 0.1) is 17.5 Å². The Morgan fingerprint density at radius 2 is 1.86 bits per heavy atom. The lowest BCUT2D eigenvalue weighted by Gasteiger charge is -2.12. The molecule has 10 nitrogen and oxygen atoms in total. The van der Waals surface area contributed by atoms with Crippen LogP contribution in [0.3, 0.4) is 0 Å². The first-order chi connectivity index (χ1) is 17.3. The maximum absolute atomic E-state index is 12.0. The first-order valence-electron chi connectivity index (χ1n) is 11.6. The first-order valence-corrected chi connectivity index (χ1v) is 13.5. The van der Waals surface area contributed by atoms with Gasteiger partial charge in [-0.1, -0.05) is 29.8 Å². The van der Waals surface area contributed by atoms with E-state index in [0.29, 0.717) is 23.2 Å². The van der Waals surface area contributed by atoms with Crippen molar-refractivity contribution in [2.45, 2.75) is 43.2 Å². The van der Waals surface area contributed by atoms with Crippen LogP contribution in [0.1, 0.15) is 35.6 Å². The molecule has 2 aliphatic carbocycles. The summed E-state index contributed by atoms with van der Waals surface area (Å²) in [5.41, 5.74) is 4.53. The molecular weight excluding hydrogens is 504 g/mol. The van der Waals surface area contributed by atoms with Gasteiger partial charge < -0.3 is 20.7 Å². The molecular formula is C24H23ClN6O4S. The Bertz CT molecular complexity index is 1450. The minimum absolute atomic E-state index is 0.149. The lowest BCUT2D eigenvalue weighted by molar-refractivity contribution is 0.136. The van der Waals surface area contributed by atoms with Crippen molar-refractivity contribution in [2.75, 3.05) is 10.6 Å². The van der Waals surface area contributed by atoms with Gasteiger partial charge in [0, 0.05) is 24.3 Å². The van der Waals surface area contributed by atoms with Crippen molar-refractivity contribution in [1.82, 2.24) is 20.0 Å². The minimum atomic E-state index is -3.22. The third-order valence-corrected chi connectivity index (χ3v) is 8.64. The maximum Gasteiger partial charge on any atom is 0.408 e. The predicted molar refractivity (Wildman–Crippen MR) is 135 cm³/mol. The first kappa shape index (κ1) is 23.0. The van der Waals surface area contributed by atoms with Crippen molar-refractivity contribution in [3.05, 3.63) is 70.4 Å². The third kappa shape index (κ3) is 4.69. The number of hydrogen-bond acceptors (Lipinski definition) is 8. The summed E-state index contributed by atoms with van der Waals surface area (Å²) in [6.07, 6.45) is 3.10. The SMILES string of the molecule is O=C1N[C@H]2c3cc(Nc4ncc(Cl)c(Nc5ccc(CNS(=O)(=O)C6CC6)cc5)n4)ccc3CC2O1. The monoisotopic (exact) mass is 526 g/mol. The fourth-order valence-corrected chi connectivity index (χ4v) is 5.93. The van der Waals surface area contributed by atoms with Gasteiger partial charge in [-0.05, 0) is 53.8 Å². The Balaban J connectivity index is 1.13. The predicted octanol–water partition coefficient (Wildman–Crippen LogP) is 3.90. The van der Waals surface area contributed by atoms with Crippen molar-refractivity contribution in [1.29, 1.82) is 0 Å². The number of benzene rings is 2. The highest BCUT2D eigenvalue weighted by molar-refractivity contribution is 7.90. The molecule has 1 aliphatic heterocycles. The average Bonchev–Trinajstić information content (AvgIpc) is 3.59. The van der Waals surface area contributed by atoms with Gasteiger partial charge >= 0.3 is 6.09 Å². The van der Waals surface area contributed by atoms with E-state index >= 15 is 0 Å². The van der Waals surface area contributed by atoms with Crippen LogP contribution in [0.15, 0.2) is 48.7 Å². The van der Waals surface area contributed by atoms with E-state index in [1.165, 1.54) is 6.20 Å². The second-order valence-corrected chi connectivity index (χ2v) is 11.5. The van der Waals surface area contributed by atoms with E-state index in [4.69, 9.17) is 16.3 Å². The zero-order valence-electron chi connectivity index (χ0n) is 19.0. The van der Waals surface area contributed by atoms with Crippen LogP contribution in [0.5, 0.6) is 0 Å². The smallest absolute Gasteiger partial charge is 0.408 e. The summed E-state index contributed by atoms with van der Waals surface area (Å²) in [7, 11) is -3.22. The molecule has 2 aromatic carbocycles. The van der Waals surface area contributed by atoms with Crippen LogP contribution in [-0.4, -0.2) is 35.8 Å². The average molecular weight is 527 g/mol. The fourth-order valence-electron chi connectivity index (χ4n) is 4.43. The molecule has 0 radical (unpaired) electrons. The molecule has 1 aromatic heterocycles. The molecule has 0 bridgehead atoms. The van der Waals surface area contributed by atoms with Crippen molar-refractivity contribution < 1.29 is 17.9 Å². The molecule has 2 atom stereocenters. The van der Waals surface area contributed by atoms with Crippen LogP contribution in [-0.2, 0) is 27.7 Å². The molecule has 1 unspecified atom stereocenters. The van der Waals surface area contributed by atoms with E-state index in [2.05, 4.69) is 30.6 Å². The number of nitrogens with one attached hydrogen (secondary N) is 4. The normalized spacial score (nSPS) is 20.3. The number of fused-ring (bicyclic) bond motifs is 3. The van der Waals surface area contributed by atoms with Crippen LogP contribution >= 0.6 is 11.6 Å². The lowest BCUT2D eigenvalue weighted by atomic mass is 10.1. The highest BCUT2D eigenvalue weighted by Crippen LogP contribution is 2.38. The van der Waals surface area contributed by atoms with Crippen molar-refractivity contribution in [2.24, 2.45) is 0 Å². The number of aromatic nitrogens is 2. The summed E-state index contributed by atoms with van der Waals surface area (Å²) in [6.45, 7) is 0.250. The summed E-state index contributed by atoms with van der Waals surface area (Å²) in [5.74, 6) is 0.781. The van der Waals surface area contributed by atoms with E-state index < -0.39 is 16.1 Å². The summed E-state index contributed by atoms with van der Waals surface area (Å²) in [6, 6.07) is 13.1. The van der Waals surface area contributed by atoms with Gasteiger partial charge in [0.15, 0.2) is 5.82 Å². The number of amides is 1. The standard InChI is InChI=1S/C24H23ClN6O4S/c25-19-12-26-23(29-16-6-3-14-9-20-21(18(14)10-16)30-24(32)35-20)31-22(19)28-15-4-1-13(2-5-15)11-27-36(33,34)17-7-8-17/h1-6,10,12,17,20-21,27H,7-9,11H2,(H,30,32)(H2,26,28,29,31)/t20?,21-/m0/s1. The number of carbonyl (C=O) groups is 1. The number of nitrogens with zero attached hydrogens (tertiary/aromatic N) is 2. The Hall–Kier alpha value is -3.41. The molecule has 36 heavy (non-hydrogen) atoms. The van der Waals surface area contributed by atoms with Crippen molar-refractivity contribution in [3.63, 3.8) is 0 Å². The quantitative estimate of drug-likeness (QED) is 0.347. The van der Waals surface area contributed by atoms with Gasteiger partial charge in [-0.2, -0.15) is 4.98 Å². The molecule has 6 rings (SSSR count). The summed E-state index contributed by atoms with van der Waals surface area (Å²) in [4.78, 5) is 20.3. The molecule has 2 fully saturated rings. The molecule has 0 spiro atoms. The number of carbonyl (C=O) groups excluding carboxylic acids is 1. The van der Waals surface area contributed by atoms with E-state index in [0.717, 1.165) is 40.9 Å². The number of ether oxygens (including phenoxy) is 1. The van der Waals surface area contributed by atoms with Gasteiger partial charge in [-0.3, -0.25) is 0 Å². The number of anilines is 4. The van der Waals surface area contributed by atoms with Gasteiger partial charge in [-0.25, -0.2) is 22.9 Å². The highest BCUT2D eigenvalue weighted by atomic mass is 35.5. The van der Waals surface area contributed by atoms with Crippen LogP contribution in [0, 0.1) is 0 Å². The van der Waals surface area contributed by atoms with Crippen molar-refractivity contribution >= 4 is 50.9 Å². The molecule has 1 saturated heterocycles. The number of sulfonamides is 1. The summed E-state index contributed by atoms with van der Waals surface area (Å²) in [5, 5.41) is 9.33. The van der Waals surface area contributed by atoms with Crippen LogP contribution in [0.4, 0.5) is 27.9 Å². The van der Waals surface area contributed by atoms with E-state index in [-0.39, 0.29) is 23.9 Å². The van der Waals surface area contributed by atoms with Gasteiger partial charge in [0.1, 0.15) is 11.1 Å². The number of halogens is 1.